The van der Waals surface area contributed by atoms with E-state index in [9.17, 15) is 5.11 Å². The van der Waals surface area contributed by atoms with Crippen molar-refractivity contribution in [2.75, 3.05) is 18.0 Å². The van der Waals surface area contributed by atoms with Gasteiger partial charge in [-0.15, -0.1) is 0 Å². The maximum atomic E-state index is 10.6. The molecule has 1 saturated carbocycles. The van der Waals surface area contributed by atoms with E-state index in [2.05, 4.69) is 35.2 Å². The summed E-state index contributed by atoms with van der Waals surface area (Å²) in [5, 5.41) is 10.6. The van der Waals surface area contributed by atoms with Gasteiger partial charge in [-0.25, -0.2) is 0 Å². The second-order valence-corrected chi connectivity index (χ2v) is 7.45. The molecule has 1 saturated heterocycles. The Balaban J connectivity index is 1.52. The molecule has 1 aliphatic heterocycles. The van der Waals surface area contributed by atoms with E-state index in [-0.39, 0.29) is 5.41 Å². The lowest BCUT2D eigenvalue weighted by atomic mass is 9.81. The topological polar surface area (TPSA) is 23.5 Å². The van der Waals surface area contributed by atoms with Crippen molar-refractivity contribution in [2.45, 2.75) is 43.1 Å². The Hall–Kier alpha value is -1.80. The largest absolute Gasteiger partial charge is 0.388 e. The summed E-state index contributed by atoms with van der Waals surface area (Å²) in [7, 11) is 0. The normalized spacial score (nSPS) is 33.1. The van der Waals surface area contributed by atoms with Gasteiger partial charge in [0, 0.05) is 24.2 Å². The Morgan fingerprint density at radius 2 is 1.78 bits per heavy atom. The first-order chi connectivity index (χ1) is 11.6. The van der Waals surface area contributed by atoms with Crippen LogP contribution in [0.15, 0.2) is 48.5 Å². The smallest absolute Gasteiger partial charge is 0.0802 e. The summed E-state index contributed by atoms with van der Waals surface area (Å²) in [5.74, 6) is 0.738. The zero-order valence-electron chi connectivity index (χ0n) is 14.3. The lowest BCUT2D eigenvalue weighted by molar-refractivity contribution is 0.158. The first-order valence-electron chi connectivity index (χ1n) is 9.25. The van der Waals surface area contributed by atoms with Gasteiger partial charge in [-0.1, -0.05) is 42.5 Å². The summed E-state index contributed by atoms with van der Waals surface area (Å²) >= 11 is 0. The van der Waals surface area contributed by atoms with Crippen LogP contribution in [-0.4, -0.2) is 18.2 Å². The van der Waals surface area contributed by atoms with Gasteiger partial charge in [-0.05, 0) is 54.4 Å². The zero-order valence-corrected chi connectivity index (χ0v) is 13.3. The fourth-order valence-corrected chi connectivity index (χ4v) is 4.67. The highest BCUT2D eigenvalue weighted by Crippen LogP contribution is 2.52. The SMILES string of the molecule is [2H]C1(O)CC2(CCN(c3ccccc3C3CC3)C2)c2ccccc21. The quantitative estimate of drug-likeness (QED) is 0.901. The van der Waals surface area contributed by atoms with Crippen LogP contribution in [0.2, 0.25) is 0 Å². The molecule has 1 heterocycles. The number of rotatable bonds is 2. The van der Waals surface area contributed by atoms with Crippen LogP contribution in [0.5, 0.6) is 0 Å². The molecule has 2 nitrogen and oxygen atoms in total. The second kappa shape index (κ2) is 4.85. The molecule has 2 aliphatic carbocycles. The number of aliphatic hydroxyl groups is 1. The van der Waals surface area contributed by atoms with E-state index in [1.807, 2.05) is 18.2 Å². The third-order valence-corrected chi connectivity index (χ3v) is 5.96. The minimum Gasteiger partial charge on any atom is -0.388 e. The van der Waals surface area contributed by atoms with E-state index in [1.165, 1.54) is 29.7 Å². The van der Waals surface area contributed by atoms with E-state index < -0.39 is 6.08 Å². The van der Waals surface area contributed by atoms with Gasteiger partial charge in [-0.2, -0.15) is 0 Å². The van der Waals surface area contributed by atoms with E-state index in [0.717, 1.165) is 31.0 Å². The molecule has 2 unspecified atom stereocenters. The molecule has 2 heteroatoms. The van der Waals surface area contributed by atoms with Crippen LogP contribution in [0.1, 0.15) is 55.7 Å². The molecule has 2 atom stereocenters. The molecule has 0 amide bonds. The van der Waals surface area contributed by atoms with Crippen molar-refractivity contribution in [1.29, 1.82) is 0 Å². The lowest BCUT2D eigenvalue weighted by Gasteiger charge is -2.27. The standard InChI is InChI=1S/C21H23NO/c23-20-13-21(18-7-3-1-6-17(18)20)11-12-22(14-21)19-8-4-2-5-16(19)15-9-10-15/h1-8,15,20,23H,9-14H2/i20D. The Morgan fingerprint density at radius 3 is 2.61 bits per heavy atom. The van der Waals surface area contributed by atoms with Crippen LogP contribution >= 0.6 is 0 Å². The lowest BCUT2D eigenvalue weighted by Crippen LogP contribution is -2.29. The first-order valence-corrected chi connectivity index (χ1v) is 8.75. The number of hydrogen-bond donors (Lipinski definition) is 1. The molecule has 2 fully saturated rings. The van der Waals surface area contributed by atoms with Crippen LogP contribution in [0.4, 0.5) is 5.69 Å². The molecular weight excluding hydrogens is 282 g/mol. The monoisotopic (exact) mass is 306 g/mol. The molecule has 0 bridgehead atoms. The minimum absolute atomic E-state index is 0.0796. The molecule has 118 valence electrons. The maximum absolute atomic E-state index is 10.6. The van der Waals surface area contributed by atoms with Gasteiger partial charge in [0.15, 0.2) is 0 Å². The highest BCUT2D eigenvalue weighted by Gasteiger charge is 2.47. The fourth-order valence-electron chi connectivity index (χ4n) is 4.67. The van der Waals surface area contributed by atoms with Crippen LogP contribution < -0.4 is 4.90 Å². The van der Waals surface area contributed by atoms with Crippen molar-refractivity contribution < 1.29 is 6.48 Å². The predicted octanol–water partition coefficient (Wildman–Crippen LogP) is 4.15. The van der Waals surface area contributed by atoms with Crippen molar-refractivity contribution in [3.8, 4) is 0 Å². The molecule has 1 spiro atoms. The molecular formula is C21H23NO. The van der Waals surface area contributed by atoms with Gasteiger partial charge >= 0.3 is 0 Å². The van der Waals surface area contributed by atoms with Crippen molar-refractivity contribution in [3.63, 3.8) is 0 Å². The first kappa shape index (κ1) is 12.6. The summed E-state index contributed by atoms with van der Waals surface area (Å²) in [6.45, 7) is 1.92. The van der Waals surface area contributed by atoms with Crippen molar-refractivity contribution in [2.24, 2.45) is 0 Å². The van der Waals surface area contributed by atoms with Gasteiger partial charge in [0.2, 0.25) is 0 Å². The van der Waals surface area contributed by atoms with Gasteiger partial charge in [-0.3, -0.25) is 0 Å². The van der Waals surface area contributed by atoms with E-state index in [0.29, 0.717) is 6.42 Å². The van der Waals surface area contributed by atoms with Crippen LogP contribution in [0.3, 0.4) is 0 Å². The third-order valence-electron chi connectivity index (χ3n) is 5.96. The predicted molar refractivity (Wildman–Crippen MR) is 92.9 cm³/mol. The number of anilines is 1. The average Bonchev–Trinajstić information content (AvgIpc) is 3.31. The molecule has 2 aromatic rings. The molecule has 23 heavy (non-hydrogen) atoms. The van der Waals surface area contributed by atoms with Gasteiger partial charge in [0.1, 0.15) is 0 Å². The summed E-state index contributed by atoms with van der Waals surface area (Å²) in [6, 6.07) is 16.8. The van der Waals surface area contributed by atoms with Gasteiger partial charge < -0.3 is 10.0 Å². The summed E-state index contributed by atoms with van der Waals surface area (Å²) in [5.41, 5.74) is 4.77. The molecule has 5 rings (SSSR count). The van der Waals surface area contributed by atoms with E-state index >= 15 is 0 Å². The second-order valence-electron chi connectivity index (χ2n) is 7.45. The Labute approximate surface area is 139 Å². The Kier molecular flexibility index (Phi) is 2.66. The third kappa shape index (κ3) is 2.05. The molecule has 1 N–H and O–H groups in total. The average molecular weight is 306 g/mol. The van der Waals surface area contributed by atoms with Crippen LogP contribution in [-0.2, 0) is 5.41 Å². The zero-order chi connectivity index (χ0) is 16.4. The summed E-state index contributed by atoms with van der Waals surface area (Å²) < 4.78 is 8.39. The number of benzene rings is 2. The van der Waals surface area contributed by atoms with Crippen molar-refractivity contribution in [3.05, 3.63) is 65.2 Å². The minimum atomic E-state index is -1.44. The Bertz CT molecular complexity index is 798. The van der Waals surface area contributed by atoms with E-state index in [4.69, 9.17) is 1.37 Å². The fraction of sp³-hybridized carbons (Fsp3) is 0.429. The number of hydrogen-bond acceptors (Lipinski definition) is 2. The van der Waals surface area contributed by atoms with Crippen molar-refractivity contribution >= 4 is 5.69 Å². The van der Waals surface area contributed by atoms with Crippen molar-refractivity contribution in [1.82, 2.24) is 0 Å². The molecule has 0 radical (unpaired) electrons. The number of fused-ring (bicyclic) bond motifs is 2. The highest BCUT2D eigenvalue weighted by molar-refractivity contribution is 5.59. The number of nitrogens with zero attached hydrogens (tertiary/aromatic N) is 1. The van der Waals surface area contributed by atoms with Gasteiger partial charge in [0.25, 0.3) is 0 Å². The van der Waals surface area contributed by atoms with Crippen LogP contribution in [0.25, 0.3) is 0 Å². The Morgan fingerprint density at radius 1 is 1.04 bits per heavy atom. The maximum Gasteiger partial charge on any atom is 0.0802 e. The van der Waals surface area contributed by atoms with Crippen LogP contribution in [0, 0.1) is 0 Å². The summed E-state index contributed by atoms with van der Waals surface area (Å²) in [4.78, 5) is 2.49. The summed E-state index contributed by atoms with van der Waals surface area (Å²) in [6.07, 6.45) is 2.71. The highest BCUT2D eigenvalue weighted by atomic mass is 16.3. The van der Waals surface area contributed by atoms with Gasteiger partial charge in [0.05, 0.1) is 7.45 Å². The molecule has 0 aromatic heterocycles. The number of para-hydroxylation sites is 1. The molecule has 3 aliphatic rings. The van der Waals surface area contributed by atoms with E-state index in [1.54, 1.807) is 0 Å². The molecule has 2 aromatic carbocycles.